The molecule has 0 aliphatic rings. The number of nitrogens with zero attached hydrogens (tertiary/aromatic N) is 2. The van der Waals surface area contributed by atoms with E-state index in [-0.39, 0.29) is 32.7 Å². The van der Waals surface area contributed by atoms with E-state index < -0.39 is 52.4 Å². The van der Waals surface area contributed by atoms with Crippen LogP contribution in [0.3, 0.4) is 0 Å². The van der Waals surface area contributed by atoms with Crippen molar-refractivity contribution in [2.45, 2.75) is 16.7 Å². The summed E-state index contributed by atoms with van der Waals surface area (Å²) in [6.45, 7) is 1.26. The quantitative estimate of drug-likeness (QED) is 0.180. The Labute approximate surface area is 206 Å². The summed E-state index contributed by atoms with van der Waals surface area (Å²) < 4.78 is 89.8. The number of nitrogens with one attached hydrogen (secondary N) is 1. The summed E-state index contributed by atoms with van der Waals surface area (Å²) >= 11 is 0. The Morgan fingerprint density at radius 2 is 1.53 bits per heavy atom. The number of anilines is 2. The molecule has 0 aliphatic carbocycles. The molecule has 0 fully saturated rings. The monoisotopic (exact) mass is 556 g/mol. The van der Waals surface area contributed by atoms with Gasteiger partial charge in [0.05, 0.1) is 22.1 Å². The van der Waals surface area contributed by atoms with Gasteiger partial charge in [0.15, 0.2) is 9.84 Å². The Morgan fingerprint density at radius 3 is 2.14 bits per heavy atom. The van der Waals surface area contributed by atoms with Crippen LogP contribution in [0, 0.1) is 0 Å². The number of carbonyl (C=O) groups excluding carboxylic acids is 1. The van der Waals surface area contributed by atoms with Crippen LogP contribution in [0.15, 0.2) is 68.6 Å². The summed E-state index contributed by atoms with van der Waals surface area (Å²) in [5.41, 5.74) is 6.11. The third-order valence-electron chi connectivity index (χ3n) is 4.74. The summed E-state index contributed by atoms with van der Waals surface area (Å²) in [6, 6.07) is 10.1. The van der Waals surface area contributed by atoms with Gasteiger partial charge in [-0.3, -0.25) is 13.9 Å². The molecular formula is C20H20N4O9S3. The molecule has 3 rings (SSSR count). The van der Waals surface area contributed by atoms with Gasteiger partial charge in [-0.15, -0.1) is 10.2 Å². The van der Waals surface area contributed by atoms with Crippen molar-refractivity contribution in [2.24, 2.45) is 10.2 Å². The van der Waals surface area contributed by atoms with Gasteiger partial charge in [-0.25, -0.2) is 8.42 Å². The van der Waals surface area contributed by atoms with Gasteiger partial charge in [0, 0.05) is 18.0 Å². The summed E-state index contributed by atoms with van der Waals surface area (Å²) in [5.74, 6) is -2.33. The van der Waals surface area contributed by atoms with Gasteiger partial charge in [-0.2, -0.15) is 16.8 Å². The smallest absolute Gasteiger partial charge is 0.297 e. The normalized spacial score (nSPS) is 12.8. The fourth-order valence-electron chi connectivity index (χ4n) is 3.18. The molecule has 0 spiro atoms. The molecule has 3 aromatic carbocycles. The second kappa shape index (κ2) is 9.90. The Balaban J connectivity index is 2.11. The van der Waals surface area contributed by atoms with E-state index in [2.05, 4.69) is 15.5 Å². The largest absolute Gasteiger partial charge is 0.399 e. The third kappa shape index (κ3) is 6.61. The zero-order valence-electron chi connectivity index (χ0n) is 18.5. The molecule has 16 heteroatoms. The zero-order chi connectivity index (χ0) is 26.9. The number of hydrogen-bond donors (Lipinski definition) is 4. The van der Waals surface area contributed by atoms with Crippen LogP contribution in [-0.4, -0.2) is 51.8 Å². The number of nitrogen functional groups attached to an aromatic ring is 1. The third-order valence-corrected chi connectivity index (χ3v) is 8.38. The number of rotatable bonds is 8. The van der Waals surface area contributed by atoms with Gasteiger partial charge in [0.25, 0.3) is 20.2 Å². The molecule has 0 aromatic heterocycles. The molecule has 5 N–H and O–H groups in total. The second-order valence-corrected chi connectivity index (χ2v) is 12.6. The van der Waals surface area contributed by atoms with E-state index in [4.69, 9.17) is 10.3 Å². The zero-order valence-corrected chi connectivity index (χ0v) is 20.9. The van der Waals surface area contributed by atoms with Crippen LogP contribution in [0.1, 0.15) is 6.92 Å². The van der Waals surface area contributed by atoms with E-state index in [0.717, 1.165) is 18.2 Å². The molecule has 0 saturated carbocycles. The molecule has 13 nitrogen and oxygen atoms in total. The van der Waals surface area contributed by atoms with Crippen molar-refractivity contribution < 1.29 is 39.2 Å². The van der Waals surface area contributed by atoms with Crippen molar-refractivity contribution in [1.29, 1.82) is 0 Å². The Morgan fingerprint density at radius 1 is 0.889 bits per heavy atom. The van der Waals surface area contributed by atoms with E-state index in [1.54, 1.807) is 0 Å². The van der Waals surface area contributed by atoms with Gasteiger partial charge in [-0.05, 0) is 41.8 Å². The number of nitrogens with two attached hydrogens (primary N) is 1. The van der Waals surface area contributed by atoms with Gasteiger partial charge < -0.3 is 11.1 Å². The molecule has 0 bridgehead atoms. The van der Waals surface area contributed by atoms with Crippen LogP contribution in [0.4, 0.5) is 22.7 Å². The lowest BCUT2D eigenvalue weighted by atomic mass is 10.1. The minimum atomic E-state index is -4.88. The first-order valence-corrected chi connectivity index (χ1v) is 14.6. The average molecular weight is 557 g/mol. The fourth-order valence-corrected chi connectivity index (χ4v) is 6.56. The molecule has 3 aromatic rings. The van der Waals surface area contributed by atoms with Gasteiger partial charge in [-0.1, -0.05) is 12.1 Å². The lowest BCUT2D eigenvalue weighted by Crippen LogP contribution is -2.16. The molecule has 0 unspecified atom stereocenters. The van der Waals surface area contributed by atoms with Crippen molar-refractivity contribution in [1.82, 2.24) is 0 Å². The average Bonchev–Trinajstić information content (AvgIpc) is 2.75. The first-order valence-electron chi connectivity index (χ1n) is 9.88. The molecule has 0 saturated heterocycles. The maximum absolute atomic E-state index is 12.4. The maximum atomic E-state index is 12.4. The first kappa shape index (κ1) is 27.2. The number of benzene rings is 3. The van der Waals surface area contributed by atoms with E-state index in [0.29, 0.717) is 5.69 Å². The van der Waals surface area contributed by atoms with Crippen LogP contribution < -0.4 is 11.1 Å². The van der Waals surface area contributed by atoms with E-state index in [1.165, 1.54) is 37.3 Å². The molecule has 36 heavy (non-hydrogen) atoms. The predicted molar refractivity (Wildman–Crippen MR) is 132 cm³/mol. The SMILES string of the molecule is CC(=O)Nc1cc(N)ccc1N=Nc1ccc2cc(S(=O)(=O)CCS(=O)(=O)O)ccc2c1S(=O)(=O)O. The lowest BCUT2D eigenvalue weighted by molar-refractivity contribution is -0.114. The van der Waals surface area contributed by atoms with Crippen molar-refractivity contribution in [3.05, 3.63) is 48.5 Å². The summed E-state index contributed by atoms with van der Waals surface area (Å²) in [6.07, 6.45) is 0. The van der Waals surface area contributed by atoms with Gasteiger partial charge in [0.2, 0.25) is 5.91 Å². The summed E-state index contributed by atoms with van der Waals surface area (Å²) in [4.78, 5) is 10.5. The minimum Gasteiger partial charge on any atom is -0.399 e. The molecule has 0 radical (unpaired) electrons. The highest BCUT2D eigenvalue weighted by molar-refractivity contribution is 7.93. The topological polar surface area (TPSA) is 223 Å². The second-order valence-electron chi connectivity index (χ2n) is 7.53. The number of azo groups is 1. The Hall–Kier alpha value is -3.44. The van der Waals surface area contributed by atoms with Crippen LogP contribution >= 0.6 is 0 Å². The lowest BCUT2D eigenvalue weighted by Gasteiger charge is -2.10. The van der Waals surface area contributed by atoms with Crippen LogP contribution in [-0.2, 0) is 34.9 Å². The van der Waals surface area contributed by atoms with Crippen LogP contribution in [0.2, 0.25) is 0 Å². The van der Waals surface area contributed by atoms with Crippen molar-refractivity contribution in [3.8, 4) is 0 Å². The fraction of sp³-hybridized carbons (Fsp3) is 0.150. The molecule has 0 atom stereocenters. The molecule has 0 aliphatic heterocycles. The van der Waals surface area contributed by atoms with Gasteiger partial charge >= 0.3 is 0 Å². The standard InChI is InChI=1S/C20H20N4O9S3/c1-12(25)22-19-11-14(21)3-7-17(19)23-24-18-6-2-13-10-15(34(26,27)8-9-35(28,29)30)4-5-16(13)20(18)36(31,32)33/h2-7,10-11H,8-9,21H2,1H3,(H,22,25)(H,28,29,30)(H,31,32,33). The molecule has 0 heterocycles. The number of sulfone groups is 1. The first-order chi connectivity index (χ1) is 16.6. The predicted octanol–water partition coefficient (Wildman–Crippen LogP) is 2.70. The van der Waals surface area contributed by atoms with Crippen LogP contribution in [0.25, 0.3) is 10.8 Å². The van der Waals surface area contributed by atoms with Crippen molar-refractivity contribution >= 4 is 69.5 Å². The Kier molecular flexibility index (Phi) is 7.47. The molecular weight excluding hydrogens is 536 g/mol. The number of carbonyl (C=O) groups is 1. The molecule has 1 amide bonds. The number of hydrogen-bond acceptors (Lipinski definition) is 10. The van der Waals surface area contributed by atoms with Crippen molar-refractivity contribution in [3.63, 3.8) is 0 Å². The summed E-state index contributed by atoms with van der Waals surface area (Å²) in [5, 5.41) is 10.4. The van der Waals surface area contributed by atoms with Gasteiger partial charge in [0.1, 0.15) is 16.3 Å². The molecule has 192 valence electrons. The number of amides is 1. The van der Waals surface area contributed by atoms with Crippen LogP contribution in [0.5, 0.6) is 0 Å². The van der Waals surface area contributed by atoms with Crippen molar-refractivity contribution in [2.75, 3.05) is 22.6 Å². The van der Waals surface area contributed by atoms with E-state index in [1.807, 2.05) is 0 Å². The highest BCUT2D eigenvalue weighted by Crippen LogP contribution is 2.36. The Bertz CT molecular complexity index is 1720. The number of fused-ring (bicyclic) bond motifs is 1. The van der Waals surface area contributed by atoms with E-state index in [9.17, 15) is 34.6 Å². The highest BCUT2D eigenvalue weighted by Gasteiger charge is 2.23. The minimum absolute atomic E-state index is 0.0814. The summed E-state index contributed by atoms with van der Waals surface area (Å²) in [7, 11) is -13.6. The highest BCUT2D eigenvalue weighted by atomic mass is 32.2. The maximum Gasteiger partial charge on any atom is 0.297 e. The van der Waals surface area contributed by atoms with E-state index >= 15 is 0 Å².